The van der Waals surface area contributed by atoms with Gasteiger partial charge in [-0.1, -0.05) is 24.7 Å². The number of alkyl halides is 1. The van der Waals surface area contributed by atoms with Crippen molar-refractivity contribution < 1.29 is 13.2 Å². The van der Waals surface area contributed by atoms with Crippen LogP contribution in [-0.2, 0) is 14.8 Å². The lowest BCUT2D eigenvalue weighted by molar-refractivity contribution is -0.114. The number of halogens is 1. The van der Waals surface area contributed by atoms with Crippen LogP contribution >= 0.6 is 22.9 Å². The Morgan fingerprint density at radius 3 is 2.74 bits per heavy atom. The second-order valence-electron chi connectivity index (χ2n) is 3.79. The minimum atomic E-state index is -3.73. The summed E-state index contributed by atoms with van der Waals surface area (Å²) in [5, 5.41) is 9.35. The van der Waals surface area contributed by atoms with Crippen molar-refractivity contribution >= 4 is 44.0 Å². The first-order valence-corrected chi connectivity index (χ1v) is 8.33. The van der Waals surface area contributed by atoms with Crippen LogP contribution in [0, 0.1) is 0 Å². The van der Waals surface area contributed by atoms with Crippen molar-refractivity contribution in [1.82, 2.24) is 14.9 Å². The normalized spacial score (nSPS) is 13.2. The molecule has 10 heteroatoms. The molecule has 0 aliphatic carbocycles. The van der Waals surface area contributed by atoms with Gasteiger partial charge in [-0.15, -0.1) is 21.8 Å². The predicted octanol–water partition coefficient (Wildman–Crippen LogP) is 1.18. The number of rotatable bonds is 7. The molecule has 0 fully saturated rings. The van der Waals surface area contributed by atoms with Crippen LogP contribution in [0.15, 0.2) is 4.34 Å². The van der Waals surface area contributed by atoms with Crippen LogP contribution in [0.4, 0.5) is 5.13 Å². The average Bonchev–Trinajstić information content (AvgIpc) is 2.75. The monoisotopic (exact) mass is 326 g/mol. The Bertz CT molecular complexity index is 531. The quantitative estimate of drug-likeness (QED) is 0.579. The molecule has 1 rings (SSSR count). The molecule has 1 atom stereocenters. The number of hydrogen-bond acceptors (Lipinski definition) is 6. The molecular formula is C9H15ClN4O3S2. The highest BCUT2D eigenvalue weighted by molar-refractivity contribution is 7.91. The number of aromatic nitrogens is 2. The van der Waals surface area contributed by atoms with Crippen molar-refractivity contribution in [2.24, 2.45) is 0 Å². The Morgan fingerprint density at radius 1 is 1.47 bits per heavy atom. The molecule has 0 saturated carbocycles. The molecule has 19 heavy (non-hydrogen) atoms. The highest BCUT2D eigenvalue weighted by atomic mass is 35.5. The Balaban J connectivity index is 2.66. The SMILES string of the molecule is CCCC(Cl)CNS(=O)(=O)c1nnc(NC(C)=O)s1. The zero-order chi connectivity index (χ0) is 14.5. The van der Waals surface area contributed by atoms with Gasteiger partial charge >= 0.3 is 0 Å². The zero-order valence-corrected chi connectivity index (χ0v) is 12.9. The Morgan fingerprint density at radius 2 is 2.16 bits per heavy atom. The summed E-state index contributed by atoms with van der Waals surface area (Å²) in [6.07, 6.45) is 1.60. The molecule has 1 heterocycles. The van der Waals surface area contributed by atoms with Crippen LogP contribution in [0.5, 0.6) is 0 Å². The smallest absolute Gasteiger partial charge is 0.269 e. The van der Waals surface area contributed by atoms with E-state index in [1.807, 2.05) is 6.92 Å². The van der Waals surface area contributed by atoms with Crippen LogP contribution in [0.3, 0.4) is 0 Å². The number of carbonyl (C=O) groups excluding carboxylic acids is 1. The summed E-state index contributed by atoms with van der Waals surface area (Å²) in [5.74, 6) is -0.336. The van der Waals surface area contributed by atoms with E-state index in [4.69, 9.17) is 11.6 Å². The van der Waals surface area contributed by atoms with Crippen LogP contribution in [0.2, 0.25) is 0 Å². The fraction of sp³-hybridized carbons (Fsp3) is 0.667. The maximum Gasteiger partial charge on any atom is 0.269 e. The highest BCUT2D eigenvalue weighted by Crippen LogP contribution is 2.19. The largest absolute Gasteiger partial charge is 0.301 e. The number of nitrogens with one attached hydrogen (secondary N) is 2. The molecule has 0 saturated heterocycles. The molecule has 0 bridgehead atoms. The van der Waals surface area contributed by atoms with Gasteiger partial charge in [-0.05, 0) is 6.42 Å². The second-order valence-corrected chi connectivity index (χ2v) is 7.33. The van der Waals surface area contributed by atoms with E-state index in [2.05, 4.69) is 20.2 Å². The van der Waals surface area contributed by atoms with Crippen molar-refractivity contribution in [2.45, 2.75) is 36.4 Å². The lowest BCUT2D eigenvalue weighted by Crippen LogP contribution is -2.29. The van der Waals surface area contributed by atoms with E-state index in [-0.39, 0.29) is 27.3 Å². The van der Waals surface area contributed by atoms with Crippen molar-refractivity contribution in [3.63, 3.8) is 0 Å². The van der Waals surface area contributed by atoms with Gasteiger partial charge in [0, 0.05) is 18.8 Å². The highest BCUT2D eigenvalue weighted by Gasteiger charge is 2.21. The third-order valence-electron chi connectivity index (χ3n) is 2.02. The summed E-state index contributed by atoms with van der Waals surface area (Å²) in [6.45, 7) is 3.40. The first-order chi connectivity index (χ1) is 8.85. The lowest BCUT2D eigenvalue weighted by Gasteiger charge is -2.08. The van der Waals surface area contributed by atoms with Crippen molar-refractivity contribution in [3.05, 3.63) is 0 Å². The van der Waals surface area contributed by atoms with E-state index >= 15 is 0 Å². The molecule has 1 amide bonds. The summed E-state index contributed by atoms with van der Waals surface area (Å²) in [7, 11) is -3.73. The van der Waals surface area contributed by atoms with E-state index in [9.17, 15) is 13.2 Å². The van der Waals surface area contributed by atoms with E-state index in [0.29, 0.717) is 0 Å². The first-order valence-electron chi connectivity index (χ1n) is 5.60. The van der Waals surface area contributed by atoms with Gasteiger partial charge in [0.15, 0.2) is 0 Å². The van der Waals surface area contributed by atoms with Crippen LogP contribution in [-0.4, -0.2) is 36.4 Å². The predicted molar refractivity (Wildman–Crippen MR) is 74.0 cm³/mol. The molecule has 1 unspecified atom stereocenters. The number of hydrogen-bond donors (Lipinski definition) is 2. The fourth-order valence-corrected chi connectivity index (χ4v) is 3.65. The molecule has 0 radical (unpaired) electrons. The molecule has 0 spiro atoms. The van der Waals surface area contributed by atoms with Gasteiger partial charge in [-0.2, -0.15) is 0 Å². The van der Waals surface area contributed by atoms with Crippen molar-refractivity contribution in [1.29, 1.82) is 0 Å². The third-order valence-corrected chi connectivity index (χ3v) is 5.02. The Labute approximate surface area is 120 Å². The van der Waals surface area contributed by atoms with Crippen LogP contribution in [0.25, 0.3) is 0 Å². The fourth-order valence-electron chi connectivity index (χ4n) is 1.20. The molecule has 1 aromatic rings. The van der Waals surface area contributed by atoms with Gasteiger partial charge in [-0.25, -0.2) is 13.1 Å². The van der Waals surface area contributed by atoms with E-state index in [1.54, 1.807) is 0 Å². The molecule has 1 aromatic heterocycles. The molecule has 0 aliphatic rings. The first kappa shape index (κ1) is 16.3. The van der Waals surface area contributed by atoms with Gasteiger partial charge in [0.05, 0.1) is 0 Å². The van der Waals surface area contributed by atoms with Gasteiger partial charge in [0.1, 0.15) is 0 Å². The number of nitrogens with zero attached hydrogens (tertiary/aromatic N) is 2. The molecular weight excluding hydrogens is 312 g/mol. The topological polar surface area (TPSA) is 101 Å². The number of anilines is 1. The molecule has 7 nitrogen and oxygen atoms in total. The van der Waals surface area contributed by atoms with Crippen molar-refractivity contribution in [2.75, 3.05) is 11.9 Å². The number of sulfonamides is 1. The van der Waals surface area contributed by atoms with E-state index in [0.717, 1.165) is 24.2 Å². The number of amides is 1. The van der Waals surface area contributed by atoms with Gasteiger partial charge < -0.3 is 5.32 Å². The molecule has 0 aliphatic heterocycles. The summed E-state index contributed by atoms with van der Waals surface area (Å²) in [6, 6.07) is 0. The van der Waals surface area contributed by atoms with Crippen LogP contribution < -0.4 is 10.0 Å². The Hall–Kier alpha value is -0.770. The maximum absolute atomic E-state index is 11.9. The van der Waals surface area contributed by atoms with E-state index in [1.165, 1.54) is 6.92 Å². The molecule has 0 aromatic carbocycles. The molecule has 2 N–H and O–H groups in total. The second kappa shape index (κ2) is 7.13. The van der Waals surface area contributed by atoms with E-state index < -0.39 is 10.0 Å². The summed E-state index contributed by atoms with van der Waals surface area (Å²) in [5.41, 5.74) is 0. The zero-order valence-electron chi connectivity index (χ0n) is 10.5. The summed E-state index contributed by atoms with van der Waals surface area (Å²) < 4.78 is 25.9. The minimum Gasteiger partial charge on any atom is -0.301 e. The maximum atomic E-state index is 11.9. The standard InChI is InChI=1S/C9H15ClN4O3S2/c1-3-4-7(10)5-11-19(16,17)9-14-13-8(18-9)12-6(2)15/h7,11H,3-5H2,1-2H3,(H,12,13,15). The minimum absolute atomic E-state index is 0.132. The lowest BCUT2D eigenvalue weighted by atomic mass is 10.2. The Kier molecular flexibility index (Phi) is 6.11. The van der Waals surface area contributed by atoms with Gasteiger partial charge in [0.2, 0.25) is 15.4 Å². The van der Waals surface area contributed by atoms with Crippen molar-refractivity contribution in [3.8, 4) is 0 Å². The van der Waals surface area contributed by atoms with Gasteiger partial charge in [0.25, 0.3) is 10.0 Å². The average molecular weight is 327 g/mol. The molecule has 108 valence electrons. The summed E-state index contributed by atoms with van der Waals surface area (Å²) in [4.78, 5) is 10.8. The summed E-state index contributed by atoms with van der Waals surface area (Å²) >= 11 is 6.72. The number of carbonyl (C=O) groups is 1. The van der Waals surface area contributed by atoms with Gasteiger partial charge in [-0.3, -0.25) is 4.79 Å². The third kappa shape index (κ3) is 5.39. The van der Waals surface area contributed by atoms with Crippen LogP contribution in [0.1, 0.15) is 26.7 Å².